The van der Waals surface area contributed by atoms with Crippen molar-refractivity contribution < 1.29 is 14.2 Å². The maximum Gasteiger partial charge on any atom is 0.131 e. The Hall–Kier alpha value is -3.48. The van der Waals surface area contributed by atoms with E-state index in [4.69, 9.17) is 14.2 Å². The van der Waals surface area contributed by atoms with Gasteiger partial charge in [-0.1, -0.05) is 12.1 Å². The Morgan fingerprint density at radius 2 is 1.32 bits per heavy atom. The van der Waals surface area contributed by atoms with Gasteiger partial charge in [-0.2, -0.15) is 0 Å². The van der Waals surface area contributed by atoms with Crippen LogP contribution in [-0.4, -0.2) is 37.3 Å². The minimum atomic E-state index is 0.519. The van der Waals surface area contributed by atoms with Crippen LogP contribution in [0.1, 0.15) is 5.56 Å². The van der Waals surface area contributed by atoms with Crippen LogP contribution in [0, 0.1) is 0 Å². The summed E-state index contributed by atoms with van der Waals surface area (Å²) >= 11 is 0. The molecule has 3 aromatic rings. The molecule has 0 amide bonds. The molecule has 0 fully saturated rings. The normalized spacial score (nSPS) is 10.2. The Labute approximate surface area is 164 Å². The zero-order valence-electron chi connectivity index (χ0n) is 16.0. The van der Waals surface area contributed by atoms with E-state index in [9.17, 15) is 0 Å². The number of methoxy groups -OCH3 is 2. The largest absolute Gasteiger partial charge is 0.497 e. The van der Waals surface area contributed by atoms with E-state index in [-0.39, 0.29) is 0 Å². The van der Waals surface area contributed by atoms with Crippen molar-refractivity contribution in [3.63, 3.8) is 0 Å². The van der Waals surface area contributed by atoms with E-state index < -0.39 is 0 Å². The first-order chi connectivity index (χ1) is 13.8. The number of rotatable bonds is 10. The third kappa shape index (κ3) is 5.77. The van der Waals surface area contributed by atoms with Crippen LogP contribution in [0.15, 0.2) is 60.9 Å². The number of nitrogens with zero attached hydrogens (tertiary/aromatic N) is 2. The Morgan fingerprint density at radius 1 is 0.750 bits per heavy atom. The fourth-order valence-corrected chi connectivity index (χ4v) is 2.51. The van der Waals surface area contributed by atoms with Gasteiger partial charge in [0.1, 0.15) is 41.8 Å². The topological polar surface area (TPSA) is 77.5 Å². The quantitative estimate of drug-likeness (QED) is 0.520. The van der Waals surface area contributed by atoms with Gasteiger partial charge in [0.15, 0.2) is 0 Å². The van der Waals surface area contributed by atoms with Gasteiger partial charge in [-0.15, -0.1) is 0 Å². The number of hydrogen-bond acceptors (Lipinski definition) is 7. The lowest BCUT2D eigenvalue weighted by Gasteiger charge is -2.10. The van der Waals surface area contributed by atoms with Gasteiger partial charge in [-0.25, -0.2) is 9.97 Å². The number of nitrogens with one attached hydrogen (secondary N) is 2. The second-order valence-corrected chi connectivity index (χ2v) is 5.94. The van der Waals surface area contributed by atoms with Crippen molar-refractivity contribution in [1.82, 2.24) is 9.97 Å². The van der Waals surface area contributed by atoms with Crippen molar-refractivity contribution in [2.24, 2.45) is 0 Å². The summed E-state index contributed by atoms with van der Waals surface area (Å²) in [7, 11) is 3.30. The molecule has 0 radical (unpaired) electrons. The van der Waals surface area contributed by atoms with E-state index in [2.05, 4.69) is 20.6 Å². The van der Waals surface area contributed by atoms with Crippen LogP contribution in [-0.2, 0) is 6.54 Å². The Balaban J connectivity index is 1.43. The van der Waals surface area contributed by atoms with Crippen molar-refractivity contribution in [3.8, 4) is 17.2 Å². The smallest absolute Gasteiger partial charge is 0.131 e. The average molecular weight is 380 g/mol. The van der Waals surface area contributed by atoms with Crippen molar-refractivity contribution in [1.29, 1.82) is 0 Å². The van der Waals surface area contributed by atoms with Crippen LogP contribution in [0.2, 0.25) is 0 Å². The number of anilines is 2. The molecule has 0 aliphatic heterocycles. The van der Waals surface area contributed by atoms with Crippen molar-refractivity contribution in [2.75, 3.05) is 38.0 Å². The molecule has 7 nitrogen and oxygen atoms in total. The molecule has 2 N–H and O–H groups in total. The lowest BCUT2D eigenvalue weighted by molar-refractivity contribution is 0.331. The molecule has 1 heterocycles. The van der Waals surface area contributed by atoms with Gasteiger partial charge in [0, 0.05) is 12.6 Å². The summed E-state index contributed by atoms with van der Waals surface area (Å²) in [5.41, 5.74) is 1.14. The zero-order chi connectivity index (χ0) is 19.6. The minimum Gasteiger partial charge on any atom is -0.497 e. The molecule has 0 bridgehead atoms. The molecule has 7 heteroatoms. The van der Waals surface area contributed by atoms with Crippen LogP contribution in [0.5, 0.6) is 17.2 Å². The van der Waals surface area contributed by atoms with Gasteiger partial charge < -0.3 is 24.8 Å². The second-order valence-electron chi connectivity index (χ2n) is 5.94. The van der Waals surface area contributed by atoms with Crippen LogP contribution in [0.4, 0.5) is 11.6 Å². The maximum atomic E-state index is 5.69. The van der Waals surface area contributed by atoms with Crippen molar-refractivity contribution in [3.05, 3.63) is 66.5 Å². The molecule has 0 atom stereocenters. The Bertz CT molecular complexity index is 854. The molecule has 146 valence electrons. The highest BCUT2D eigenvalue weighted by molar-refractivity contribution is 5.47. The molecule has 2 aromatic carbocycles. The van der Waals surface area contributed by atoms with Crippen molar-refractivity contribution in [2.45, 2.75) is 6.54 Å². The summed E-state index contributed by atoms with van der Waals surface area (Å²) in [6.07, 6.45) is 1.53. The summed E-state index contributed by atoms with van der Waals surface area (Å²) in [5, 5.41) is 6.52. The molecular formula is C21H24N4O3. The third-order valence-electron chi connectivity index (χ3n) is 4.04. The highest BCUT2D eigenvalue weighted by atomic mass is 16.5. The summed E-state index contributed by atoms with van der Waals surface area (Å²) in [4.78, 5) is 8.48. The van der Waals surface area contributed by atoms with Crippen molar-refractivity contribution >= 4 is 11.6 Å². The average Bonchev–Trinajstić information content (AvgIpc) is 2.76. The second kappa shape index (κ2) is 10.0. The Kier molecular flexibility index (Phi) is 6.89. The first kappa shape index (κ1) is 19.3. The summed E-state index contributed by atoms with van der Waals surface area (Å²) in [6.45, 7) is 1.81. The molecule has 0 saturated heterocycles. The molecule has 0 aliphatic rings. The van der Waals surface area contributed by atoms with Crippen LogP contribution in [0.3, 0.4) is 0 Å². The first-order valence-electron chi connectivity index (χ1n) is 8.96. The SMILES string of the molecule is COc1ccc(CNc2cc(NCCOc3ccc(OC)cc3)ncn2)cc1. The summed E-state index contributed by atoms with van der Waals surface area (Å²) in [6, 6.07) is 17.3. The van der Waals surface area contributed by atoms with E-state index in [1.165, 1.54) is 6.33 Å². The Morgan fingerprint density at radius 3 is 1.96 bits per heavy atom. The fraction of sp³-hybridized carbons (Fsp3) is 0.238. The number of ether oxygens (including phenoxy) is 3. The van der Waals surface area contributed by atoms with Gasteiger partial charge in [0.05, 0.1) is 20.8 Å². The molecule has 28 heavy (non-hydrogen) atoms. The number of hydrogen-bond donors (Lipinski definition) is 2. The van der Waals surface area contributed by atoms with E-state index in [1.807, 2.05) is 54.6 Å². The molecule has 1 aromatic heterocycles. The highest BCUT2D eigenvalue weighted by Gasteiger charge is 2.01. The number of aromatic nitrogens is 2. The molecule has 0 spiro atoms. The van der Waals surface area contributed by atoms with Crippen LogP contribution >= 0.6 is 0 Å². The predicted octanol–water partition coefficient (Wildman–Crippen LogP) is 3.60. The van der Waals surface area contributed by atoms with Crippen LogP contribution in [0.25, 0.3) is 0 Å². The molecule has 3 rings (SSSR count). The predicted molar refractivity (Wildman–Crippen MR) is 109 cm³/mol. The summed E-state index contributed by atoms with van der Waals surface area (Å²) in [5.74, 6) is 3.94. The summed E-state index contributed by atoms with van der Waals surface area (Å²) < 4.78 is 16.0. The van der Waals surface area contributed by atoms with Gasteiger partial charge in [0.25, 0.3) is 0 Å². The first-order valence-corrected chi connectivity index (χ1v) is 8.96. The number of benzene rings is 2. The lowest BCUT2D eigenvalue weighted by Crippen LogP contribution is -2.13. The van der Waals surface area contributed by atoms with E-state index >= 15 is 0 Å². The molecule has 0 unspecified atom stereocenters. The highest BCUT2D eigenvalue weighted by Crippen LogP contribution is 2.17. The van der Waals surface area contributed by atoms with Crippen LogP contribution < -0.4 is 24.8 Å². The molecule has 0 aliphatic carbocycles. The van der Waals surface area contributed by atoms with E-state index in [0.29, 0.717) is 19.7 Å². The van der Waals surface area contributed by atoms with E-state index in [1.54, 1.807) is 14.2 Å². The zero-order valence-corrected chi connectivity index (χ0v) is 16.0. The standard InChI is InChI=1S/C21H24N4O3/c1-26-17-5-3-16(4-6-17)14-23-21-13-20(24-15-25-21)22-11-12-28-19-9-7-18(27-2)8-10-19/h3-10,13,15H,11-12,14H2,1-2H3,(H2,22,23,24,25). The molecular weight excluding hydrogens is 356 g/mol. The monoisotopic (exact) mass is 380 g/mol. The maximum absolute atomic E-state index is 5.69. The van der Waals surface area contributed by atoms with Gasteiger partial charge in [-0.05, 0) is 42.0 Å². The minimum absolute atomic E-state index is 0.519. The lowest BCUT2D eigenvalue weighted by atomic mass is 10.2. The van der Waals surface area contributed by atoms with Gasteiger partial charge in [-0.3, -0.25) is 0 Å². The third-order valence-corrected chi connectivity index (χ3v) is 4.04. The fourth-order valence-electron chi connectivity index (χ4n) is 2.51. The van der Waals surface area contributed by atoms with Gasteiger partial charge in [0.2, 0.25) is 0 Å². The van der Waals surface area contributed by atoms with E-state index in [0.717, 1.165) is 34.4 Å². The molecule has 0 saturated carbocycles. The van der Waals surface area contributed by atoms with Gasteiger partial charge >= 0.3 is 0 Å².